The van der Waals surface area contributed by atoms with Crippen molar-refractivity contribution in [3.63, 3.8) is 0 Å². The largest absolute Gasteiger partial charge is 0.416 e. The van der Waals surface area contributed by atoms with Crippen LogP contribution in [0.3, 0.4) is 0 Å². The zero-order chi connectivity index (χ0) is 27.8. The molecule has 1 aliphatic carbocycles. The van der Waals surface area contributed by atoms with Crippen LogP contribution in [-0.2, 0) is 17.5 Å². The van der Waals surface area contributed by atoms with Crippen LogP contribution in [-0.4, -0.2) is 32.1 Å². The highest BCUT2D eigenvalue weighted by Gasteiger charge is 2.30. The molecular weight excluding hydrogens is 529 g/mol. The van der Waals surface area contributed by atoms with Crippen molar-refractivity contribution in [3.8, 4) is 11.3 Å². The molecule has 0 spiro atoms. The fraction of sp³-hybridized carbons (Fsp3) is 0.296. The maximum Gasteiger partial charge on any atom is 0.416 e. The molecule has 2 aliphatic rings. The van der Waals surface area contributed by atoms with Gasteiger partial charge in [-0.15, -0.1) is 0 Å². The van der Waals surface area contributed by atoms with Crippen molar-refractivity contribution in [2.45, 2.75) is 50.9 Å². The van der Waals surface area contributed by atoms with Crippen LogP contribution in [0.2, 0.25) is 0 Å². The number of amides is 2. The number of thioether (sulfide) groups is 1. The third kappa shape index (κ3) is 7.87. The zero-order valence-corrected chi connectivity index (χ0v) is 21.7. The number of hydrogen-bond donors (Lipinski definition) is 3. The minimum Gasteiger partial charge on any atom is -0.351 e. The van der Waals surface area contributed by atoms with Crippen LogP contribution in [0.15, 0.2) is 59.8 Å². The molecule has 12 heteroatoms. The monoisotopic (exact) mass is 556 g/mol. The van der Waals surface area contributed by atoms with E-state index >= 15 is 0 Å². The Morgan fingerprint density at radius 3 is 2.54 bits per heavy atom. The van der Waals surface area contributed by atoms with Gasteiger partial charge >= 0.3 is 6.18 Å². The van der Waals surface area contributed by atoms with Gasteiger partial charge in [0.15, 0.2) is 0 Å². The van der Waals surface area contributed by atoms with Gasteiger partial charge in [-0.2, -0.15) is 13.2 Å². The van der Waals surface area contributed by atoms with Crippen molar-refractivity contribution >= 4 is 34.9 Å². The first-order valence-electron chi connectivity index (χ1n) is 12.4. The summed E-state index contributed by atoms with van der Waals surface area (Å²) in [6, 6.07) is 10.7. The van der Waals surface area contributed by atoms with Crippen LogP contribution in [0.4, 0.5) is 23.9 Å². The Balaban J connectivity index is 0.000000183. The van der Waals surface area contributed by atoms with E-state index in [9.17, 15) is 22.8 Å². The summed E-state index contributed by atoms with van der Waals surface area (Å²) >= 11 is 0.891. The molecule has 4 N–H and O–H groups in total. The number of nitrogens with two attached hydrogens (primary N) is 1. The Morgan fingerprint density at radius 2 is 1.85 bits per heavy atom. The normalized spacial score (nSPS) is 17.0. The first kappa shape index (κ1) is 28.2. The van der Waals surface area contributed by atoms with Gasteiger partial charge in [-0.3, -0.25) is 19.9 Å². The number of rotatable bonds is 5. The highest BCUT2D eigenvalue weighted by atomic mass is 32.2. The summed E-state index contributed by atoms with van der Waals surface area (Å²) in [5.41, 5.74) is 7.12. The lowest BCUT2D eigenvalue weighted by molar-refractivity contribution is -0.137. The van der Waals surface area contributed by atoms with E-state index in [-0.39, 0.29) is 17.7 Å². The molecule has 2 fully saturated rings. The van der Waals surface area contributed by atoms with Gasteiger partial charge < -0.3 is 11.1 Å². The van der Waals surface area contributed by atoms with E-state index in [2.05, 4.69) is 25.6 Å². The number of imide groups is 1. The first-order chi connectivity index (χ1) is 18.7. The maximum absolute atomic E-state index is 12.6. The highest BCUT2D eigenvalue weighted by Crippen LogP contribution is 2.32. The molecule has 0 bridgehead atoms. The molecule has 2 aromatic heterocycles. The standard InChI is InChI=1S/C14H16N4O2S.C13H11F3N2/c19-12-11(21-14(20)18-12)8-10-6-7-15-13(17-10)16-9-4-2-1-3-5-9;14-13(15,16)11-5-1-3-9(7-11)12-10(8-17)4-2-6-18-12/h6-9H,1-5H2,(H,15,16,17)(H,18,19,20);1-7H,8,17H2/b11-8-;. The smallest absolute Gasteiger partial charge is 0.351 e. The third-order valence-corrected chi connectivity index (χ3v) is 6.92. The fourth-order valence-electron chi connectivity index (χ4n) is 4.21. The molecule has 39 heavy (non-hydrogen) atoms. The van der Waals surface area contributed by atoms with E-state index in [1.807, 2.05) is 0 Å². The molecule has 1 aliphatic heterocycles. The predicted octanol–water partition coefficient (Wildman–Crippen LogP) is 5.77. The van der Waals surface area contributed by atoms with Crippen molar-refractivity contribution in [1.29, 1.82) is 0 Å². The van der Waals surface area contributed by atoms with Gasteiger partial charge in [-0.25, -0.2) is 9.97 Å². The molecule has 5 rings (SSSR count). The number of nitrogens with one attached hydrogen (secondary N) is 2. The Morgan fingerprint density at radius 1 is 1.05 bits per heavy atom. The lowest BCUT2D eigenvalue weighted by Gasteiger charge is -2.22. The van der Waals surface area contributed by atoms with Crippen LogP contribution in [0.5, 0.6) is 0 Å². The maximum atomic E-state index is 12.6. The second-order valence-corrected chi connectivity index (χ2v) is 9.95. The van der Waals surface area contributed by atoms with Crippen molar-refractivity contribution in [2.75, 3.05) is 5.32 Å². The number of nitrogens with zero attached hydrogens (tertiary/aromatic N) is 3. The van der Waals surface area contributed by atoms with Crippen molar-refractivity contribution < 1.29 is 22.8 Å². The number of alkyl halides is 3. The molecule has 3 aromatic rings. The number of aromatic nitrogens is 3. The van der Waals surface area contributed by atoms with Crippen molar-refractivity contribution in [3.05, 3.63) is 76.6 Å². The summed E-state index contributed by atoms with van der Waals surface area (Å²) in [7, 11) is 0. The Labute approximate surface area is 227 Å². The Bertz CT molecular complexity index is 1360. The SMILES string of the molecule is NCc1cccnc1-c1cccc(C(F)(F)F)c1.O=C1NC(=O)/C(=C/c2ccnc(NC3CCCCC3)n2)S1. The molecule has 8 nitrogen and oxygen atoms in total. The van der Waals surface area contributed by atoms with E-state index in [0.29, 0.717) is 33.8 Å². The lowest BCUT2D eigenvalue weighted by atomic mass is 9.96. The van der Waals surface area contributed by atoms with E-state index in [1.54, 1.807) is 36.5 Å². The summed E-state index contributed by atoms with van der Waals surface area (Å²) in [4.78, 5) is 35.7. The molecule has 1 saturated heterocycles. The van der Waals surface area contributed by atoms with Gasteiger partial charge in [0.25, 0.3) is 11.1 Å². The average Bonchev–Trinajstić information content (AvgIpc) is 3.25. The third-order valence-electron chi connectivity index (χ3n) is 6.11. The van der Waals surface area contributed by atoms with Crippen LogP contribution in [0.25, 0.3) is 17.3 Å². The summed E-state index contributed by atoms with van der Waals surface area (Å²) < 4.78 is 37.9. The topological polar surface area (TPSA) is 123 Å². The number of benzene rings is 1. The van der Waals surface area contributed by atoms with E-state index < -0.39 is 11.7 Å². The van der Waals surface area contributed by atoms with E-state index in [4.69, 9.17) is 5.73 Å². The Kier molecular flexibility index (Phi) is 9.31. The molecule has 2 amide bonds. The minimum atomic E-state index is -4.35. The van der Waals surface area contributed by atoms with Crippen LogP contribution in [0.1, 0.15) is 48.9 Å². The Hall–Kier alpha value is -3.77. The molecule has 3 heterocycles. The van der Waals surface area contributed by atoms with Gasteiger partial charge in [0, 0.05) is 30.5 Å². The van der Waals surface area contributed by atoms with Gasteiger partial charge in [0.2, 0.25) is 5.95 Å². The number of anilines is 1. The predicted molar refractivity (Wildman–Crippen MR) is 144 cm³/mol. The minimum absolute atomic E-state index is 0.236. The summed E-state index contributed by atoms with van der Waals surface area (Å²) in [5, 5.41) is 5.22. The van der Waals surface area contributed by atoms with Crippen LogP contribution < -0.4 is 16.4 Å². The number of carbonyl (C=O) groups excluding carboxylic acids is 2. The van der Waals surface area contributed by atoms with Crippen LogP contribution >= 0.6 is 11.8 Å². The van der Waals surface area contributed by atoms with Gasteiger partial charge in [-0.1, -0.05) is 37.5 Å². The van der Waals surface area contributed by atoms with Crippen LogP contribution in [0, 0.1) is 0 Å². The molecule has 0 atom stereocenters. The van der Waals surface area contributed by atoms with Gasteiger partial charge in [0.1, 0.15) is 0 Å². The molecule has 1 saturated carbocycles. The molecule has 204 valence electrons. The summed E-state index contributed by atoms with van der Waals surface area (Å²) in [6.45, 7) is 0.236. The lowest BCUT2D eigenvalue weighted by Crippen LogP contribution is -2.23. The quantitative estimate of drug-likeness (QED) is 0.339. The van der Waals surface area contributed by atoms with E-state index in [0.717, 1.165) is 42.3 Å². The number of pyridine rings is 1. The average molecular weight is 557 g/mol. The summed E-state index contributed by atoms with van der Waals surface area (Å²) in [6.07, 6.45) is 6.50. The van der Waals surface area contributed by atoms with Crippen molar-refractivity contribution in [1.82, 2.24) is 20.3 Å². The molecule has 0 unspecified atom stereocenters. The number of hydrogen-bond acceptors (Lipinski definition) is 8. The molecule has 1 aromatic carbocycles. The molecule has 0 radical (unpaired) electrons. The van der Waals surface area contributed by atoms with Gasteiger partial charge in [-0.05, 0) is 60.5 Å². The highest BCUT2D eigenvalue weighted by molar-refractivity contribution is 8.18. The zero-order valence-electron chi connectivity index (χ0n) is 20.9. The molecular formula is C27H27F3N6O2S. The number of carbonyl (C=O) groups is 2. The number of halogens is 3. The fourth-order valence-corrected chi connectivity index (χ4v) is 4.88. The second kappa shape index (κ2) is 12.9. The van der Waals surface area contributed by atoms with Gasteiger partial charge in [0.05, 0.1) is 21.9 Å². The van der Waals surface area contributed by atoms with Crippen molar-refractivity contribution in [2.24, 2.45) is 5.73 Å². The second-order valence-electron chi connectivity index (χ2n) is 8.93. The summed E-state index contributed by atoms with van der Waals surface area (Å²) in [5.74, 6) is 0.205. The van der Waals surface area contributed by atoms with E-state index in [1.165, 1.54) is 31.5 Å². The first-order valence-corrected chi connectivity index (χ1v) is 13.2.